The molecule has 64 heavy (non-hydrogen) atoms. The first kappa shape index (κ1) is 38.6. The molecule has 1 nitrogen and oxygen atoms in total. The SMILES string of the molecule is c1ccc(-c2ccccc2N(c2ccc(-c3ccc4c(-c5ccccc5)c5ccccc5c(-c5ccccc5)c4c3)cc2)c2ccc(C(c3ccccc3)c3ccccc3)cc2)cc1. The van der Waals surface area contributed by atoms with Crippen molar-refractivity contribution in [3.63, 3.8) is 0 Å². The van der Waals surface area contributed by atoms with Crippen LogP contribution in [0.3, 0.4) is 0 Å². The Labute approximate surface area is 375 Å². The lowest BCUT2D eigenvalue weighted by molar-refractivity contribution is 0.977. The molecule has 0 N–H and O–H groups in total. The summed E-state index contributed by atoms with van der Waals surface area (Å²) in [6.45, 7) is 0. The molecule has 0 spiro atoms. The fourth-order valence-corrected chi connectivity index (χ4v) is 9.63. The lowest BCUT2D eigenvalue weighted by Gasteiger charge is -2.29. The lowest BCUT2D eigenvalue weighted by atomic mass is 9.85. The summed E-state index contributed by atoms with van der Waals surface area (Å²) in [5.74, 6) is 0.118. The second-order valence-electron chi connectivity index (χ2n) is 16.4. The quantitative estimate of drug-likeness (QED) is 0.0982. The van der Waals surface area contributed by atoms with Gasteiger partial charge in [-0.05, 0) is 114 Å². The number of nitrogens with zero attached hydrogens (tertiary/aromatic N) is 1. The van der Waals surface area contributed by atoms with E-state index < -0.39 is 0 Å². The lowest BCUT2D eigenvalue weighted by Crippen LogP contribution is -2.11. The summed E-state index contributed by atoms with van der Waals surface area (Å²) in [5.41, 5.74) is 16.8. The Hall–Kier alpha value is -8.26. The van der Waals surface area contributed by atoms with Crippen molar-refractivity contribution in [1.82, 2.24) is 0 Å². The Balaban J connectivity index is 1.05. The van der Waals surface area contributed by atoms with Gasteiger partial charge in [-0.3, -0.25) is 0 Å². The monoisotopic (exact) mass is 815 g/mol. The topological polar surface area (TPSA) is 3.24 Å². The summed E-state index contributed by atoms with van der Waals surface area (Å²) in [7, 11) is 0. The fourth-order valence-electron chi connectivity index (χ4n) is 9.63. The number of rotatable bonds is 10. The minimum atomic E-state index is 0.118. The van der Waals surface area contributed by atoms with E-state index in [2.05, 4.69) is 272 Å². The van der Waals surface area contributed by atoms with Crippen LogP contribution >= 0.6 is 0 Å². The summed E-state index contributed by atoms with van der Waals surface area (Å²) >= 11 is 0. The molecule has 0 aliphatic carbocycles. The molecule has 0 bridgehead atoms. The number of benzene rings is 11. The molecule has 1 heteroatoms. The van der Waals surface area contributed by atoms with E-state index in [0.717, 1.165) is 17.1 Å². The highest BCUT2D eigenvalue weighted by Gasteiger charge is 2.21. The van der Waals surface area contributed by atoms with Crippen LogP contribution in [0.4, 0.5) is 17.1 Å². The van der Waals surface area contributed by atoms with Crippen molar-refractivity contribution in [3.05, 3.63) is 284 Å². The highest BCUT2D eigenvalue weighted by molar-refractivity contribution is 6.22. The van der Waals surface area contributed by atoms with Crippen LogP contribution < -0.4 is 4.90 Å². The van der Waals surface area contributed by atoms with Crippen LogP contribution in [-0.4, -0.2) is 0 Å². The van der Waals surface area contributed by atoms with E-state index >= 15 is 0 Å². The molecule has 11 rings (SSSR count). The van der Waals surface area contributed by atoms with Gasteiger partial charge in [-0.1, -0.05) is 231 Å². The summed E-state index contributed by atoms with van der Waals surface area (Å²) in [5, 5.41) is 5.01. The number of para-hydroxylation sites is 1. The molecule has 0 radical (unpaired) electrons. The van der Waals surface area contributed by atoms with E-state index in [1.54, 1.807) is 0 Å². The minimum Gasteiger partial charge on any atom is -0.310 e. The summed E-state index contributed by atoms with van der Waals surface area (Å²) in [6.07, 6.45) is 0. The van der Waals surface area contributed by atoms with Gasteiger partial charge in [0.05, 0.1) is 5.69 Å². The van der Waals surface area contributed by atoms with Gasteiger partial charge in [-0.15, -0.1) is 0 Å². The van der Waals surface area contributed by atoms with Gasteiger partial charge in [0.1, 0.15) is 0 Å². The van der Waals surface area contributed by atoms with Crippen molar-refractivity contribution in [2.45, 2.75) is 5.92 Å². The molecule has 0 aromatic heterocycles. The zero-order valence-electron chi connectivity index (χ0n) is 35.4. The van der Waals surface area contributed by atoms with E-state index in [1.165, 1.54) is 82.7 Å². The van der Waals surface area contributed by atoms with Crippen LogP contribution in [0.25, 0.3) is 66.1 Å². The van der Waals surface area contributed by atoms with Crippen LogP contribution in [0.15, 0.2) is 267 Å². The molecule has 0 saturated carbocycles. The predicted octanol–water partition coefficient (Wildman–Crippen LogP) is 17.3. The van der Waals surface area contributed by atoms with Crippen molar-refractivity contribution < 1.29 is 0 Å². The van der Waals surface area contributed by atoms with Crippen molar-refractivity contribution in [1.29, 1.82) is 0 Å². The maximum absolute atomic E-state index is 2.41. The molecular weight excluding hydrogens is 771 g/mol. The first-order valence-corrected chi connectivity index (χ1v) is 22.1. The summed E-state index contributed by atoms with van der Waals surface area (Å²) in [4.78, 5) is 2.40. The second kappa shape index (κ2) is 17.2. The van der Waals surface area contributed by atoms with Gasteiger partial charge >= 0.3 is 0 Å². The van der Waals surface area contributed by atoms with Crippen LogP contribution in [0, 0.1) is 0 Å². The van der Waals surface area contributed by atoms with E-state index in [1.807, 2.05) is 0 Å². The Bertz CT molecular complexity index is 3290. The van der Waals surface area contributed by atoms with Gasteiger partial charge in [0.25, 0.3) is 0 Å². The maximum Gasteiger partial charge on any atom is 0.0540 e. The standard InChI is InChI=1S/C63H45N/c1-6-20-46(21-7-1)55-30-18-19-33-60(55)64(54-41-36-51(37-42-54)61(47-22-8-2-9-23-47)48-24-10-3-11-25-48)53-39-34-45(35-40-53)52-38-43-58-59(44-52)63(50-28-14-5-15-29-50)57-32-17-16-31-56(57)62(58)49-26-12-4-13-27-49/h1-44,61H. The van der Waals surface area contributed by atoms with Crippen LogP contribution in [0.2, 0.25) is 0 Å². The van der Waals surface area contributed by atoms with E-state index in [4.69, 9.17) is 0 Å². The Morgan fingerprint density at radius 3 is 1.19 bits per heavy atom. The minimum absolute atomic E-state index is 0.118. The largest absolute Gasteiger partial charge is 0.310 e. The molecule has 0 amide bonds. The summed E-state index contributed by atoms with van der Waals surface area (Å²) in [6, 6.07) is 97.0. The van der Waals surface area contributed by atoms with Crippen molar-refractivity contribution in [2.75, 3.05) is 4.90 Å². The molecule has 0 unspecified atom stereocenters. The average molecular weight is 816 g/mol. The predicted molar refractivity (Wildman–Crippen MR) is 272 cm³/mol. The van der Waals surface area contributed by atoms with Crippen molar-refractivity contribution in [3.8, 4) is 44.5 Å². The van der Waals surface area contributed by atoms with Gasteiger partial charge in [0, 0.05) is 22.9 Å². The van der Waals surface area contributed by atoms with Gasteiger partial charge in [0.2, 0.25) is 0 Å². The van der Waals surface area contributed by atoms with Crippen LogP contribution in [0.1, 0.15) is 22.6 Å². The van der Waals surface area contributed by atoms with Crippen molar-refractivity contribution in [2.24, 2.45) is 0 Å². The third kappa shape index (κ3) is 7.34. The van der Waals surface area contributed by atoms with Crippen LogP contribution in [-0.2, 0) is 0 Å². The smallest absolute Gasteiger partial charge is 0.0540 e. The zero-order valence-corrected chi connectivity index (χ0v) is 35.4. The highest BCUT2D eigenvalue weighted by Crippen LogP contribution is 2.46. The third-order valence-electron chi connectivity index (χ3n) is 12.6. The van der Waals surface area contributed by atoms with Crippen LogP contribution in [0.5, 0.6) is 0 Å². The first-order valence-electron chi connectivity index (χ1n) is 22.1. The number of anilines is 3. The molecule has 302 valence electrons. The average Bonchev–Trinajstić information content (AvgIpc) is 3.38. The Morgan fingerprint density at radius 1 is 0.250 bits per heavy atom. The maximum atomic E-state index is 2.41. The van der Waals surface area contributed by atoms with E-state index in [-0.39, 0.29) is 5.92 Å². The second-order valence-corrected chi connectivity index (χ2v) is 16.4. The number of hydrogen-bond donors (Lipinski definition) is 0. The first-order chi connectivity index (χ1) is 31.8. The molecule has 0 saturated heterocycles. The molecule has 11 aromatic rings. The molecule has 0 aliphatic rings. The number of fused-ring (bicyclic) bond motifs is 2. The Morgan fingerprint density at radius 2 is 0.641 bits per heavy atom. The molecule has 0 aliphatic heterocycles. The zero-order chi connectivity index (χ0) is 42.7. The molecular formula is C63H45N. The van der Waals surface area contributed by atoms with E-state index in [9.17, 15) is 0 Å². The number of hydrogen-bond acceptors (Lipinski definition) is 1. The fraction of sp³-hybridized carbons (Fsp3) is 0.0159. The molecule has 0 fully saturated rings. The van der Waals surface area contributed by atoms with Crippen molar-refractivity contribution >= 4 is 38.6 Å². The highest BCUT2D eigenvalue weighted by atomic mass is 15.1. The van der Waals surface area contributed by atoms with E-state index in [0.29, 0.717) is 0 Å². The Kier molecular flexibility index (Phi) is 10.4. The molecule has 11 aromatic carbocycles. The van der Waals surface area contributed by atoms with Gasteiger partial charge in [-0.25, -0.2) is 0 Å². The molecule has 0 atom stereocenters. The summed E-state index contributed by atoms with van der Waals surface area (Å²) < 4.78 is 0. The van der Waals surface area contributed by atoms with Gasteiger partial charge in [0.15, 0.2) is 0 Å². The third-order valence-corrected chi connectivity index (χ3v) is 12.6. The normalized spacial score (nSPS) is 11.3. The van der Waals surface area contributed by atoms with Gasteiger partial charge < -0.3 is 4.90 Å². The van der Waals surface area contributed by atoms with Gasteiger partial charge in [-0.2, -0.15) is 0 Å². The molecule has 0 heterocycles.